The summed E-state index contributed by atoms with van der Waals surface area (Å²) in [6, 6.07) is 0. The minimum absolute atomic E-state index is 0. The summed E-state index contributed by atoms with van der Waals surface area (Å²) in [5.41, 5.74) is 2.29. The van der Waals surface area contributed by atoms with Gasteiger partial charge >= 0.3 is 54.7 Å². The SMILES string of the molecule is C#C[As+](C)(CC)CC.[I-]. The maximum atomic E-state index is 5.35. The molecule has 9 heavy (non-hydrogen) atoms. The third-order valence-corrected chi connectivity index (χ3v) is 8.87. The standard InChI is InChI=1S/C7H14As.HI/c1-5-8(4,6-2)7-3;/h1H,6-7H2,2-4H3;1H/q+1;/p-1. The average molecular weight is 300 g/mol. The van der Waals surface area contributed by atoms with Gasteiger partial charge in [-0.3, -0.25) is 0 Å². The fourth-order valence-corrected chi connectivity index (χ4v) is 2.11. The Labute approximate surface area is 78.3 Å². The van der Waals surface area contributed by atoms with Crippen molar-refractivity contribution in [3.63, 3.8) is 0 Å². The molecule has 0 fully saturated rings. The zero-order valence-electron chi connectivity index (χ0n) is 6.32. The summed E-state index contributed by atoms with van der Waals surface area (Å²) in [7, 11) is 0. The predicted molar refractivity (Wildman–Crippen MR) is 41.4 cm³/mol. The summed E-state index contributed by atoms with van der Waals surface area (Å²) < 4.78 is 2.95. The number of hydrogen-bond donors (Lipinski definition) is 0. The monoisotopic (exact) mass is 300 g/mol. The normalized spacial score (nSPS) is 9.56. The van der Waals surface area contributed by atoms with Crippen LogP contribution < -0.4 is 24.0 Å². The quantitative estimate of drug-likeness (QED) is 0.359. The molecule has 0 aliphatic heterocycles. The molecular weight excluding hydrogens is 286 g/mol. The second-order valence-electron chi connectivity index (χ2n) is 2.16. The zero-order valence-corrected chi connectivity index (χ0v) is 10.4. The Balaban J connectivity index is 0. The van der Waals surface area contributed by atoms with Gasteiger partial charge in [0.25, 0.3) is 0 Å². The summed E-state index contributed by atoms with van der Waals surface area (Å²) in [5.74, 6) is 0. The molecule has 0 N–H and O–H groups in total. The molecule has 2 heteroatoms. The van der Waals surface area contributed by atoms with E-state index in [1.165, 1.54) is 10.4 Å². The van der Waals surface area contributed by atoms with Crippen molar-refractivity contribution < 1.29 is 24.0 Å². The number of terminal acetylenes is 1. The van der Waals surface area contributed by atoms with Crippen molar-refractivity contribution in [2.75, 3.05) is 0 Å². The molecule has 0 aromatic carbocycles. The van der Waals surface area contributed by atoms with Crippen LogP contribution in [0.15, 0.2) is 0 Å². The van der Waals surface area contributed by atoms with Crippen molar-refractivity contribution in [3.8, 4) is 11.1 Å². The molecule has 0 nitrogen and oxygen atoms in total. The van der Waals surface area contributed by atoms with E-state index in [9.17, 15) is 0 Å². The van der Waals surface area contributed by atoms with Crippen LogP contribution in [0, 0.1) is 11.1 Å². The largest absolute Gasteiger partial charge is 1.00 e. The average Bonchev–Trinajstić information content (AvgIpc) is 1.87. The van der Waals surface area contributed by atoms with Gasteiger partial charge in [-0.15, -0.1) is 0 Å². The molecule has 0 aliphatic carbocycles. The van der Waals surface area contributed by atoms with Crippen LogP contribution in [0.2, 0.25) is 16.1 Å². The Morgan fingerprint density at radius 1 is 1.33 bits per heavy atom. The van der Waals surface area contributed by atoms with Crippen LogP contribution in [-0.4, -0.2) is 13.6 Å². The molecule has 0 saturated heterocycles. The first-order valence-corrected chi connectivity index (χ1v) is 8.47. The molecule has 0 aromatic rings. The van der Waals surface area contributed by atoms with Gasteiger partial charge < -0.3 is 24.0 Å². The maximum absolute atomic E-state index is 5.35. The van der Waals surface area contributed by atoms with E-state index in [0.29, 0.717) is 0 Å². The fourth-order valence-electron chi connectivity index (χ4n) is 0.406. The molecule has 0 aliphatic rings. The van der Waals surface area contributed by atoms with Gasteiger partial charge in [0.1, 0.15) is 0 Å². The molecule has 0 radical (unpaired) electrons. The van der Waals surface area contributed by atoms with E-state index in [2.05, 4.69) is 24.3 Å². The summed E-state index contributed by atoms with van der Waals surface area (Å²) in [5, 5.41) is 2.51. The second kappa shape index (κ2) is 5.62. The molecule has 0 spiro atoms. The van der Waals surface area contributed by atoms with E-state index in [0.717, 1.165) is 0 Å². The molecule has 0 bridgehead atoms. The molecule has 0 heterocycles. The van der Waals surface area contributed by atoms with Gasteiger partial charge in [0.05, 0.1) is 0 Å². The van der Waals surface area contributed by atoms with Gasteiger partial charge in [-0.1, -0.05) is 0 Å². The molecule has 0 rings (SSSR count). The van der Waals surface area contributed by atoms with Gasteiger partial charge in [0.15, 0.2) is 0 Å². The van der Waals surface area contributed by atoms with E-state index < -0.39 is 13.6 Å². The molecule has 0 unspecified atom stereocenters. The Morgan fingerprint density at radius 3 is 1.67 bits per heavy atom. The Kier molecular flexibility index (Phi) is 7.82. The van der Waals surface area contributed by atoms with Crippen LogP contribution in [0.1, 0.15) is 13.8 Å². The van der Waals surface area contributed by atoms with Crippen LogP contribution in [0.5, 0.6) is 0 Å². The first kappa shape index (κ1) is 12.5. The van der Waals surface area contributed by atoms with Crippen LogP contribution in [0.25, 0.3) is 0 Å². The van der Waals surface area contributed by atoms with E-state index in [4.69, 9.17) is 6.42 Å². The Hall–Kier alpha value is 0.848. The minimum atomic E-state index is -1.45. The van der Waals surface area contributed by atoms with Crippen molar-refractivity contribution in [1.29, 1.82) is 0 Å². The zero-order chi connectivity index (χ0) is 6.62. The number of hydrogen-bond acceptors (Lipinski definition) is 0. The first-order chi connectivity index (χ1) is 3.68. The van der Waals surface area contributed by atoms with Gasteiger partial charge in [0.2, 0.25) is 0 Å². The molecule has 0 aromatic heterocycles. The van der Waals surface area contributed by atoms with Crippen molar-refractivity contribution in [3.05, 3.63) is 0 Å². The van der Waals surface area contributed by atoms with Crippen molar-refractivity contribution >= 4 is 13.6 Å². The Bertz CT molecular complexity index is 100.0. The van der Waals surface area contributed by atoms with Crippen LogP contribution in [0.4, 0.5) is 0 Å². The number of rotatable bonds is 2. The summed E-state index contributed by atoms with van der Waals surface area (Å²) in [6.07, 6.45) is 5.35. The van der Waals surface area contributed by atoms with E-state index >= 15 is 0 Å². The van der Waals surface area contributed by atoms with Crippen LogP contribution in [-0.2, 0) is 0 Å². The third-order valence-electron chi connectivity index (χ3n) is 1.71. The molecule has 0 saturated carbocycles. The van der Waals surface area contributed by atoms with E-state index in [1.807, 2.05) is 0 Å². The second-order valence-corrected chi connectivity index (χ2v) is 11.2. The summed E-state index contributed by atoms with van der Waals surface area (Å²) >= 11 is -1.45. The van der Waals surface area contributed by atoms with Gasteiger partial charge in [-0.05, 0) is 0 Å². The Morgan fingerprint density at radius 2 is 1.67 bits per heavy atom. The minimum Gasteiger partial charge on any atom is -1.00 e. The van der Waals surface area contributed by atoms with Crippen molar-refractivity contribution in [2.45, 2.75) is 30.0 Å². The van der Waals surface area contributed by atoms with Crippen LogP contribution in [0.3, 0.4) is 0 Å². The molecule has 54 valence electrons. The molecule has 0 amide bonds. The topological polar surface area (TPSA) is 0 Å². The summed E-state index contributed by atoms with van der Waals surface area (Å²) in [6.45, 7) is 4.41. The molecule has 0 atom stereocenters. The third kappa shape index (κ3) is 4.28. The van der Waals surface area contributed by atoms with E-state index in [-0.39, 0.29) is 24.0 Å². The van der Waals surface area contributed by atoms with E-state index in [1.54, 1.807) is 0 Å². The van der Waals surface area contributed by atoms with Crippen molar-refractivity contribution in [2.24, 2.45) is 0 Å². The predicted octanol–water partition coefficient (Wildman–Crippen LogP) is -0.719. The smallest absolute Gasteiger partial charge is 1.00 e. The van der Waals surface area contributed by atoms with Gasteiger partial charge in [0, 0.05) is 0 Å². The van der Waals surface area contributed by atoms with Crippen LogP contribution >= 0.6 is 0 Å². The number of halogens is 1. The van der Waals surface area contributed by atoms with Gasteiger partial charge in [-0.2, -0.15) is 0 Å². The first-order valence-electron chi connectivity index (χ1n) is 3.01. The summed E-state index contributed by atoms with van der Waals surface area (Å²) in [4.78, 5) is 0. The maximum Gasteiger partial charge on any atom is -1.00 e. The fraction of sp³-hybridized carbons (Fsp3) is 0.714. The molecular formula is C7H14AsI. The van der Waals surface area contributed by atoms with Crippen molar-refractivity contribution in [1.82, 2.24) is 0 Å². The van der Waals surface area contributed by atoms with Gasteiger partial charge in [-0.25, -0.2) is 0 Å².